The van der Waals surface area contributed by atoms with Gasteiger partial charge in [-0.25, -0.2) is 4.79 Å². The summed E-state index contributed by atoms with van der Waals surface area (Å²) in [4.78, 5) is 11.0. The number of benzene rings is 4. The van der Waals surface area contributed by atoms with Gasteiger partial charge in [0.05, 0.1) is 0 Å². The number of hydrogen-bond donors (Lipinski definition) is 1. The van der Waals surface area contributed by atoms with Crippen LogP contribution >= 0.6 is 0 Å². The van der Waals surface area contributed by atoms with E-state index in [2.05, 4.69) is 36.4 Å². The SMILES string of the molecule is O=C(O)C=Cc1ccc(COc2ccccc2)cc1Cc1ccc2ccccc2c1. The molecule has 0 bridgehead atoms. The van der Waals surface area contributed by atoms with Crippen molar-refractivity contribution in [2.24, 2.45) is 0 Å². The van der Waals surface area contributed by atoms with Crippen molar-refractivity contribution in [1.29, 1.82) is 0 Å². The largest absolute Gasteiger partial charge is 0.489 e. The van der Waals surface area contributed by atoms with Gasteiger partial charge in [-0.1, -0.05) is 78.9 Å². The van der Waals surface area contributed by atoms with Gasteiger partial charge in [-0.3, -0.25) is 0 Å². The van der Waals surface area contributed by atoms with E-state index in [1.807, 2.05) is 54.6 Å². The van der Waals surface area contributed by atoms with Crippen molar-refractivity contribution in [2.75, 3.05) is 0 Å². The Morgan fingerprint density at radius 2 is 1.53 bits per heavy atom. The van der Waals surface area contributed by atoms with Crippen LogP contribution in [0.5, 0.6) is 5.75 Å². The molecule has 0 aliphatic carbocycles. The standard InChI is InChI=1S/C27H22O3/c28-27(29)15-14-23-13-11-21(19-30-26-8-2-1-3-9-26)18-25(23)17-20-10-12-22-6-4-5-7-24(22)16-20/h1-16,18H,17,19H2,(H,28,29). The van der Waals surface area contributed by atoms with Gasteiger partial charge in [0, 0.05) is 6.08 Å². The zero-order chi connectivity index (χ0) is 20.8. The fourth-order valence-electron chi connectivity index (χ4n) is 3.48. The molecule has 0 amide bonds. The first-order valence-corrected chi connectivity index (χ1v) is 9.86. The second kappa shape index (κ2) is 9.10. The highest BCUT2D eigenvalue weighted by atomic mass is 16.5. The third kappa shape index (κ3) is 4.95. The van der Waals surface area contributed by atoms with Crippen LogP contribution in [0.15, 0.2) is 97.1 Å². The minimum atomic E-state index is -0.955. The van der Waals surface area contributed by atoms with Crippen LogP contribution in [0.25, 0.3) is 16.8 Å². The van der Waals surface area contributed by atoms with Crippen LogP contribution in [0.2, 0.25) is 0 Å². The fourth-order valence-corrected chi connectivity index (χ4v) is 3.48. The lowest BCUT2D eigenvalue weighted by Gasteiger charge is -2.12. The summed E-state index contributed by atoms with van der Waals surface area (Å²) in [6.07, 6.45) is 3.54. The van der Waals surface area contributed by atoms with Crippen molar-refractivity contribution >= 4 is 22.8 Å². The molecule has 0 aromatic heterocycles. The molecule has 0 saturated heterocycles. The molecular weight excluding hydrogens is 372 g/mol. The van der Waals surface area contributed by atoms with Crippen molar-refractivity contribution in [1.82, 2.24) is 0 Å². The molecule has 30 heavy (non-hydrogen) atoms. The highest BCUT2D eigenvalue weighted by Crippen LogP contribution is 2.22. The number of ether oxygens (including phenoxy) is 1. The Morgan fingerprint density at radius 3 is 2.33 bits per heavy atom. The van der Waals surface area contributed by atoms with E-state index in [-0.39, 0.29) is 0 Å². The van der Waals surface area contributed by atoms with E-state index in [1.165, 1.54) is 22.4 Å². The average Bonchev–Trinajstić information content (AvgIpc) is 2.77. The van der Waals surface area contributed by atoms with Crippen molar-refractivity contribution in [2.45, 2.75) is 13.0 Å². The Kier molecular flexibility index (Phi) is 5.90. The maximum Gasteiger partial charge on any atom is 0.328 e. The molecule has 0 saturated carbocycles. The topological polar surface area (TPSA) is 46.5 Å². The van der Waals surface area contributed by atoms with Gasteiger partial charge in [-0.2, -0.15) is 0 Å². The van der Waals surface area contributed by atoms with E-state index in [1.54, 1.807) is 6.08 Å². The van der Waals surface area contributed by atoms with Crippen LogP contribution in [0.3, 0.4) is 0 Å². The summed E-state index contributed by atoms with van der Waals surface area (Å²) in [6.45, 7) is 0.456. The molecule has 4 aromatic rings. The molecule has 0 atom stereocenters. The van der Waals surface area contributed by atoms with Gasteiger partial charge in [0.2, 0.25) is 0 Å². The molecular formula is C27H22O3. The molecule has 0 aliphatic heterocycles. The Balaban J connectivity index is 1.62. The van der Waals surface area contributed by atoms with Crippen LogP contribution in [0, 0.1) is 0 Å². The predicted octanol–water partition coefficient (Wildman–Crippen LogP) is 6.11. The summed E-state index contributed by atoms with van der Waals surface area (Å²) < 4.78 is 5.88. The van der Waals surface area contributed by atoms with Gasteiger partial charge in [0.1, 0.15) is 12.4 Å². The van der Waals surface area contributed by atoms with Crippen molar-refractivity contribution < 1.29 is 14.6 Å². The first-order valence-electron chi connectivity index (χ1n) is 9.86. The number of carboxylic acids is 1. The number of carbonyl (C=O) groups is 1. The van der Waals surface area contributed by atoms with E-state index in [0.717, 1.165) is 22.4 Å². The Morgan fingerprint density at radius 1 is 0.800 bits per heavy atom. The van der Waals surface area contributed by atoms with Gasteiger partial charge in [-0.05, 0) is 57.7 Å². The molecule has 0 heterocycles. The third-order valence-electron chi connectivity index (χ3n) is 4.97. The Labute approximate surface area is 175 Å². The van der Waals surface area contributed by atoms with Crippen LogP contribution in [-0.4, -0.2) is 11.1 Å². The van der Waals surface area contributed by atoms with E-state index >= 15 is 0 Å². The number of carboxylic acid groups (broad SMARTS) is 1. The zero-order valence-corrected chi connectivity index (χ0v) is 16.5. The molecule has 3 nitrogen and oxygen atoms in total. The van der Waals surface area contributed by atoms with Gasteiger partial charge < -0.3 is 9.84 Å². The maximum absolute atomic E-state index is 11.0. The zero-order valence-electron chi connectivity index (χ0n) is 16.5. The highest BCUT2D eigenvalue weighted by Gasteiger charge is 2.06. The monoisotopic (exact) mass is 394 g/mol. The molecule has 4 aromatic carbocycles. The molecule has 3 heteroatoms. The Bertz CT molecular complexity index is 1190. The summed E-state index contributed by atoms with van der Waals surface area (Å²) in [6, 6.07) is 30.5. The summed E-state index contributed by atoms with van der Waals surface area (Å²) in [5, 5.41) is 11.4. The Hall–Kier alpha value is -3.85. The molecule has 0 unspecified atom stereocenters. The maximum atomic E-state index is 11.0. The lowest BCUT2D eigenvalue weighted by atomic mass is 9.96. The molecule has 0 spiro atoms. The summed E-state index contributed by atoms with van der Waals surface area (Å²) in [7, 11) is 0. The molecule has 1 N–H and O–H groups in total. The van der Waals surface area contributed by atoms with E-state index < -0.39 is 5.97 Å². The van der Waals surface area contributed by atoms with Crippen LogP contribution in [0.4, 0.5) is 0 Å². The van der Waals surface area contributed by atoms with Gasteiger partial charge in [-0.15, -0.1) is 0 Å². The first kappa shape index (κ1) is 19.5. The first-order chi connectivity index (χ1) is 14.7. The highest BCUT2D eigenvalue weighted by molar-refractivity contribution is 5.86. The van der Waals surface area contributed by atoms with Crippen LogP contribution in [-0.2, 0) is 17.8 Å². The summed E-state index contributed by atoms with van der Waals surface area (Å²) in [5.74, 6) is -0.133. The van der Waals surface area contributed by atoms with Crippen LogP contribution < -0.4 is 4.74 Å². The predicted molar refractivity (Wildman–Crippen MR) is 121 cm³/mol. The van der Waals surface area contributed by atoms with Crippen molar-refractivity contribution in [3.05, 3.63) is 119 Å². The molecule has 0 fully saturated rings. The summed E-state index contributed by atoms with van der Waals surface area (Å²) in [5.41, 5.74) is 4.19. The lowest BCUT2D eigenvalue weighted by Crippen LogP contribution is -1.99. The van der Waals surface area contributed by atoms with Gasteiger partial charge in [0.15, 0.2) is 0 Å². The quantitative estimate of drug-likeness (QED) is 0.385. The van der Waals surface area contributed by atoms with Gasteiger partial charge >= 0.3 is 5.97 Å². The average molecular weight is 394 g/mol. The number of aliphatic carboxylic acids is 1. The minimum absolute atomic E-state index is 0.456. The second-order valence-corrected chi connectivity index (χ2v) is 7.16. The lowest BCUT2D eigenvalue weighted by molar-refractivity contribution is -0.131. The number of rotatable bonds is 7. The number of hydrogen-bond acceptors (Lipinski definition) is 2. The van der Waals surface area contributed by atoms with E-state index in [4.69, 9.17) is 9.84 Å². The van der Waals surface area contributed by atoms with Crippen molar-refractivity contribution in [3.63, 3.8) is 0 Å². The van der Waals surface area contributed by atoms with E-state index in [0.29, 0.717) is 13.0 Å². The molecule has 4 rings (SSSR count). The van der Waals surface area contributed by atoms with Gasteiger partial charge in [0.25, 0.3) is 0 Å². The third-order valence-corrected chi connectivity index (χ3v) is 4.97. The van der Waals surface area contributed by atoms with Crippen LogP contribution in [0.1, 0.15) is 22.3 Å². The second-order valence-electron chi connectivity index (χ2n) is 7.16. The summed E-state index contributed by atoms with van der Waals surface area (Å²) >= 11 is 0. The van der Waals surface area contributed by atoms with E-state index in [9.17, 15) is 4.79 Å². The molecule has 0 aliphatic rings. The number of fused-ring (bicyclic) bond motifs is 1. The normalized spacial score (nSPS) is 11.1. The molecule has 0 radical (unpaired) electrons. The fraction of sp³-hybridized carbons (Fsp3) is 0.0741. The minimum Gasteiger partial charge on any atom is -0.489 e. The van der Waals surface area contributed by atoms with Crippen molar-refractivity contribution in [3.8, 4) is 5.75 Å². The smallest absolute Gasteiger partial charge is 0.328 e. The number of para-hydroxylation sites is 1. The molecule has 148 valence electrons.